The maximum Gasteiger partial charge on any atom is 0.316 e. The number of esters is 2. The molecule has 1 heterocycles. The van der Waals surface area contributed by atoms with Gasteiger partial charge in [-0.2, -0.15) is 0 Å². The van der Waals surface area contributed by atoms with Crippen LogP contribution in [0.2, 0.25) is 39.3 Å². The van der Waals surface area contributed by atoms with Crippen LogP contribution in [0.15, 0.2) is 24.3 Å². The fourth-order valence-electron chi connectivity index (χ4n) is 8.31. The summed E-state index contributed by atoms with van der Waals surface area (Å²) >= 11 is 0. The molecule has 5 rings (SSSR count). The van der Waals surface area contributed by atoms with Crippen molar-refractivity contribution in [3.05, 3.63) is 24.3 Å². The zero-order valence-corrected chi connectivity index (χ0v) is 23.9. The van der Waals surface area contributed by atoms with E-state index in [1.54, 1.807) is 0 Å². The number of rotatable bonds is 5. The number of hydrogen-bond acceptors (Lipinski definition) is 6. The van der Waals surface area contributed by atoms with Crippen LogP contribution in [0.5, 0.6) is 0 Å². The van der Waals surface area contributed by atoms with Crippen LogP contribution in [0, 0.1) is 34.5 Å². The molecular weight excluding hydrogens is 464 g/mol. The SMILES string of the molecule is C=C1[C@@H]2CCC3[C@@]45C=CC(O[Si](C)(C)C)C(C)(C(=O)O4)C5[C@H](C(=O)OC)[C@]3(C2)[C@@H]1O[Si](C)(C)C. The summed E-state index contributed by atoms with van der Waals surface area (Å²) in [5, 5.41) is 0. The van der Waals surface area contributed by atoms with Crippen molar-refractivity contribution in [2.45, 2.75) is 83.3 Å². The van der Waals surface area contributed by atoms with Gasteiger partial charge in [-0.05, 0) is 83.0 Å². The van der Waals surface area contributed by atoms with Gasteiger partial charge >= 0.3 is 11.9 Å². The molecule has 34 heavy (non-hydrogen) atoms. The molecule has 0 aromatic rings. The first kappa shape index (κ1) is 24.5. The third-order valence-corrected chi connectivity index (χ3v) is 11.1. The summed E-state index contributed by atoms with van der Waals surface area (Å²) < 4.78 is 25.4. The number of fused-ring (bicyclic) bond motifs is 1. The fourth-order valence-corrected chi connectivity index (χ4v) is 10.5. The molecule has 0 aromatic carbocycles. The number of hydrogen-bond donors (Lipinski definition) is 0. The summed E-state index contributed by atoms with van der Waals surface area (Å²) in [4.78, 5) is 27.4. The predicted octanol–water partition coefficient (Wildman–Crippen LogP) is 4.69. The Balaban J connectivity index is 1.73. The van der Waals surface area contributed by atoms with Gasteiger partial charge in [-0.1, -0.05) is 12.7 Å². The third-order valence-electron chi connectivity index (χ3n) is 9.23. The van der Waals surface area contributed by atoms with E-state index in [0.717, 1.165) is 24.8 Å². The van der Waals surface area contributed by atoms with Crippen molar-refractivity contribution in [2.75, 3.05) is 7.11 Å². The second kappa shape index (κ2) is 7.17. The van der Waals surface area contributed by atoms with E-state index in [2.05, 4.69) is 58.0 Å². The number of carbonyl (C=O) groups excluding carboxylic acids is 2. The average Bonchev–Trinajstić information content (AvgIpc) is 3.16. The summed E-state index contributed by atoms with van der Waals surface area (Å²) in [7, 11) is -2.50. The summed E-state index contributed by atoms with van der Waals surface area (Å²) in [6, 6.07) is 0. The summed E-state index contributed by atoms with van der Waals surface area (Å²) in [6.07, 6.45) is 6.18. The molecule has 4 unspecified atom stereocenters. The van der Waals surface area contributed by atoms with Gasteiger partial charge < -0.3 is 18.3 Å². The first-order valence-electron chi connectivity index (χ1n) is 12.7. The predicted molar refractivity (Wildman–Crippen MR) is 134 cm³/mol. The topological polar surface area (TPSA) is 71.1 Å². The Morgan fingerprint density at radius 3 is 2.35 bits per heavy atom. The van der Waals surface area contributed by atoms with E-state index in [0.29, 0.717) is 5.92 Å². The van der Waals surface area contributed by atoms with Crippen molar-refractivity contribution in [3.8, 4) is 0 Å². The van der Waals surface area contributed by atoms with Crippen LogP contribution in [-0.4, -0.2) is 53.5 Å². The number of ether oxygens (including phenoxy) is 2. The van der Waals surface area contributed by atoms with E-state index in [9.17, 15) is 9.59 Å². The quantitative estimate of drug-likeness (QED) is 0.307. The lowest BCUT2D eigenvalue weighted by Crippen LogP contribution is -2.54. The van der Waals surface area contributed by atoms with Crippen molar-refractivity contribution < 1.29 is 27.9 Å². The van der Waals surface area contributed by atoms with E-state index >= 15 is 0 Å². The monoisotopic (exact) mass is 504 g/mol. The molecule has 9 atom stereocenters. The first-order chi connectivity index (χ1) is 15.6. The molecule has 0 aromatic heterocycles. The highest BCUT2D eigenvalue weighted by atomic mass is 28.4. The van der Waals surface area contributed by atoms with Crippen molar-refractivity contribution in [1.82, 2.24) is 0 Å². The number of carbonyl (C=O) groups is 2. The van der Waals surface area contributed by atoms with Gasteiger partial charge in [0.25, 0.3) is 0 Å². The van der Waals surface area contributed by atoms with Crippen LogP contribution in [0.4, 0.5) is 0 Å². The van der Waals surface area contributed by atoms with Crippen molar-refractivity contribution in [2.24, 2.45) is 34.5 Å². The molecule has 4 fully saturated rings. The highest BCUT2D eigenvalue weighted by Crippen LogP contribution is 2.77. The van der Waals surface area contributed by atoms with Gasteiger partial charge in [-0.15, -0.1) is 0 Å². The molecule has 1 aliphatic heterocycles. The van der Waals surface area contributed by atoms with Gasteiger partial charge in [0.2, 0.25) is 0 Å². The minimum absolute atomic E-state index is 0.0131. The molecule has 8 heteroatoms. The fraction of sp³-hybridized carbons (Fsp3) is 0.769. The molecule has 188 valence electrons. The highest BCUT2D eigenvalue weighted by Gasteiger charge is 2.84. The maximum atomic E-state index is 13.8. The Morgan fingerprint density at radius 1 is 1.12 bits per heavy atom. The smallest absolute Gasteiger partial charge is 0.316 e. The normalized spacial score (nSPS) is 46.8. The van der Waals surface area contributed by atoms with Crippen molar-refractivity contribution in [1.29, 1.82) is 0 Å². The lowest BCUT2D eigenvalue weighted by molar-refractivity contribution is -0.166. The van der Waals surface area contributed by atoms with E-state index in [1.807, 2.05) is 6.92 Å². The average molecular weight is 505 g/mol. The van der Waals surface area contributed by atoms with Crippen LogP contribution in [0.3, 0.4) is 0 Å². The summed E-state index contributed by atoms with van der Waals surface area (Å²) in [5.41, 5.74) is -1.16. The van der Waals surface area contributed by atoms with Crippen LogP contribution in [0.25, 0.3) is 0 Å². The van der Waals surface area contributed by atoms with E-state index in [1.165, 1.54) is 7.11 Å². The third kappa shape index (κ3) is 2.97. The lowest BCUT2D eigenvalue weighted by atomic mass is 9.60. The Labute approximate surface area is 205 Å². The van der Waals surface area contributed by atoms with E-state index in [-0.39, 0.29) is 29.9 Å². The molecule has 5 aliphatic rings. The van der Waals surface area contributed by atoms with Crippen LogP contribution < -0.4 is 0 Å². The molecule has 3 saturated carbocycles. The minimum Gasteiger partial charge on any atom is -0.469 e. The Bertz CT molecular complexity index is 979. The van der Waals surface area contributed by atoms with Gasteiger partial charge in [-0.3, -0.25) is 9.59 Å². The maximum absolute atomic E-state index is 13.8. The molecule has 0 amide bonds. The second-order valence-electron chi connectivity index (χ2n) is 13.3. The highest BCUT2D eigenvalue weighted by molar-refractivity contribution is 6.70. The zero-order valence-electron chi connectivity index (χ0n) is 21.9. The first-order valence-corrected chi connectivity index (χ1v) is 19.5. The molecule has 4 aliphatic carbocycles. The van der Waals surface area contributed by atoms with E-state index in [4.69, 9.17) is 18.3 Å². The van der Waals surface area contributed by atoms with Crippen molar-refractivity contribution in [3.63, 3.8) is 0 Å². The summed E-state index contributed by atoms with van der Waals surface area (Å²) in [6.45, 7) is 19.4. The van der Waals surface area contributed by atoms with Crippen LogP contribution >= 0.6 is 0 Å². The lowest BCUT2D eigenvalue weighted by Gasteiger charge is -2.46. The minimum atomic E-state index is -1.99. The Hall–Kier alpha value is -1.23. The van der Waals surface area contributed by atoms with Gasteiger partial charge in [0, 0.05) is 17.3 Å². The molecular formula is C26H40O6Si2. The van der Waals surface area contributed by atoms with E-state index < -0.39 is 45.1 Å². The molecule has 6 nitrogen and oxygen atoms in total. The van der Waals surface area contributed by atoms with Crippen molar-refractivity contribution >= 4 is 28.6 Å². The van der Waals surface area contributed by atoms with Gasteiger partial charge in [-0.25, -0.2) is 0 Å². The van der Waals surface area contributed by atoms with Gasteiger partial charge in [0.15, 0.2) is 16.6 Å². The molecule has 1 spiro atoms. The number of methoxy groups -OCH3 is 1. The Kier molecular flexibility index (Phi) is 5.16. The Morgan fingerprint density at radius 2 is 1.76 bits per heavy atom. The molecule has 1 saturated heterocycles. The van der Waals surface area contributed by atoms with Gasteiger partial charge in [0.05, 0.1) is 25.2 Å². The van der Waals surface area contributed by atoms with Gasteiger partial charge in [0.1, 0.15) is 11.0 Å². The van der Waals surface area contributed by atoms with Crippen LogP contribution in [0.1, 0.15) is 26.2 Å². The summed E-state index contributed by atoms with van der Waals surface area (Å²) in [5.74, 6) is -1.07. The zero-order chi connectivity index (χ0) is 25.1. The second-order valence-corrected chi connectivity index (χ2v) is 22.3. The van der Waals surface area contributed by atoms with Crippen LogP contribution in [-0.2, 0) is 27.9 Å². The largest absolute Gasteiger partial charge is 0.469 e. The molecule has 0 N–H and O–H groups in total. The molecule has 0 radical (unpaired) electrons. The standard InChI is InChI=1S/C26H40O6Si2/c1-15-16-10-11-17-25(14-16,21(15)32-34(7,8)9)19(22(27)29-3)20-24(2)18(31-33(4,5)6)12-13-26(17,20)30-23(24)28/h12-13,16-21H,1,10-11,14H2,2-9H3/t16-,17?,18?,19-,20?,21-,24?,25-,26-/m1/s1. The molecule has 4 bridgehead atoms.